The lowest BCUT2D eigenvalue weighted by molar-refractivity contribution is -0.139. The number of benzene rings is 3. The molecule has 3 aromatic rings. The maximum atomic E-state index is 14.0. The first-order valence-corrected chi connectivity index (χ1v) is 14.5. The van der Waals surface area contributed by atoms with Crippen molar-refractivity contribution in [1.29, 1.82) is 0 Å². The fourth-order valence-electron chi connectivity index (χ4n) is 4.18. The molecule has 0 spiro atoms. The van der Waals surface area contributed by atoms with Gasteiger partial charge in [0.25, 0.3) is 10.0 Å². The summed E-state index contributed by atoms with van der Waals surface area (Å²) < 4.78 is 44.9. The number of nitrogens with zero attached hydrogens (tertiary/aromatic N) is 2. The van der Waals surface area contributed by atoms with E-state index in [1.807, 2.05) is 6.92 Å². The number of likely N-dealkylation sites (N-methyl/N-ethyl adjacent to an activating group) is 1. The first kappa shape index (κ1) is 31.3. The molecule has 1 N–H and O–H groups in total. The average Bonchev–Trinajstić information content (AvgIpc) is 2.98. The number of carbonyl (C=O) groups is 2. The van der Waals surface area contributed by atoms with Crippen molar-refractivity contribution < 1.29 is 32.2 Å². The van der Waals surface area contributed by atoms with Gasteiger partial charge in [0.15, 0.2) is 11.5 Å². The fraction of sp³-hybridized carbons (Fsp3) is 0.333. The molecule has 0 radical (unpaired) electrons. The summed E-state index contributed by atoms with van der Waals surface area (Å²) in [6.07, 6.45) is 0. The molecule has 0 heterocycles. The Morgan fingerprint density at radius 1 is 0.878 bits per heavy atom. The Kier molecular flexibility index (Phi) is 10.6. The van der Waals surface area contributed by atoms with E-state index in [-0.39, 0.29) is 23.0 Å². The van der Waals surface area contributed by atoms with Crippen molar-refractivity contribution in [2.75, 3.05) is 38.7 Å². The standard InChI is InChI=1S/C30H37N3O7S/c1-7-31-30(35)22(3)32(19-23-10-13-25(38-4)14-11-23)29(34)20-33(24-12-17-27(39-5)28(18-24)40-6)41(36,37)26-15-8-21(2)9-16-26/h8-18,22H,7,19-20H2,1-6H3,(H,31,35). The first-order valence-electron chi connectivity index (χ1n) is 13.1. The van der Waals surface area contributed by atoms with Crippen LogP contribution in [0.5, 0.6) is 17.2 Å². The summed E-state index contributed by atoms with van der Waals surface area (Å²) in [4.78, 5) is 28.2. The van der Waals surface area contributed by atoms with Crippen molar-refractivity contribution in [3.63, 3.8) is 0 Å². The number of sulfonamides is 1. The van der Waals surface area contributed by atoms with Gasteiger partial charge in [-0.15, -0.1) is 0 Å². The molecule has 0 fully saturated rings. The van der Waals surface area contributed by atoms with E-state index in [1.165, 1.54) is 37.3 Å². The summed E-state index contributed by atoms with van der Waals surface area (Å²) in [7, 11) is 0.260. The zero-order valence-electron chi connectivity index (χ0n) is 24.2. The predicted octanol–water partition coefficient (Wildman–Crippen LogP) is 3.77. The van der Waals surface area contributed by atoms with E-state index in [9.17, 15) is 18.0 Å². The second-order valence-corrected chi connectivity index (χ2v) is 11.2. The van der Waals surface area contributed by atoms with Gasteiger partial charge >= 0.3 is 0 Å². The van der Waals surface area contributed by atoms with Gasteiger partial charge in [0, 0.05) is 19.2 Å². The summed E-state index contributed by atoms with van der Waals surface area (Å²) in [5, 5.41) is 2.74. The molecular formula is C30H37N3O7S. The minimum Gasteiger partial charge on any atom is -0.497 e. The third-order valence-corrected chi connectivity index (χ3v) is 8.36. The minimum atomic E-state index is -4.21. The largest absolute Gasteiger partial charge is 0.497 e. The molecule has 220 valence electrons. The van der Waals surface area contributed by atoms with Crippen LogP contribution in [0.2, 0.25) is 0 Å². The summed E-state index contributed by atoms with van der Waals surface area (Å²) in [6.45, 7) is 5.14. The third kappa shape index (κ3) is 7.49. The lowest BCUT2D eigenvalue weighted by atomic mass is 10.1. The smallest absolute Gasteiger partial charge is 0.264 e. The third-order valence-electron chi connectivity index (χ3n) is 6.57. The van der Waals surface area contributed by atoms with Crippen molar-refractivity contribution in [3.05, 3.63) is 77.9 Å². The highest BCUT2D eigenvalue weighted by molar-refractivity contribution is 7.92. The number of hydrogen-bond acceptors (Lipinski definition) is 7. The van der Waals surface area contributed by atoms with Crippen LogP contribution in [0.3, 0.4) is 0 Å². The molecule has 0 aliphatic rings. The van der Waals surface area contributed by atoms with Gasteiger partial charge in [-0.2, -0.15) is 0 Å². The molecule has 0 bridgehead atoms. The van der Waals surface area contributed by atoms with E-state index in [4.69, 9.17) is 14.2 Å². The predicted molar refractivity (Wildman–Crippen MR) is 157 cm³/mol. The van der Waals surface area contributed by atoms with Gasteiger partial charge in [-0.3, -0.25) is 13.9 Å². The second kappa shape index (κ2) is 13.9. The van der Waals surface area contributed by atoms with Gasteiger partial charge in [0.05, 0.1) is 31.9 Å². The highest BCUT2D eigenvalue weighted by Crippen LogP contribution is 2.34. The summed E-state index contributed by atoms with van der Waals surface area (Å²) in [5.74, 6) is 0.430. The molecule has 0 aromatic heterocycles. The van der Waals surface area contributed by atoms with E-state index in [0.29, 0.717) is 23.8 Å². The second-order valence-electron chi connectivity index (χ2n) is 9.30. The molecule has 0 saturated carbocycles. The number of hydrogen-bond donors (Lipinski definition) is 1. The molecule has 3 aromatic carbocycles. The van der Waals surface area contributed by atoms with Crippen molar-refractivity contribution in [2.45, 2.75) is 38.3 Å². The number of carbonyl (C=O) groups excluding carboxylic acids is 2. The molecule has 2 amide bonds. The van der Waals surface area contributed by atoms with Gasteiger partial charge in [-0.25, -0.2) is 8.42 Å². The maximum absolute atomic E-state index is 14.0. The lowest BCUT2D eigenvalue weighted by Crippen LogP contribution is -2.51. The van der Waals surface area contributed by atoms with Gasteiger partial charge < -0.3 is 24.4 Å². The normalized spacial score (nSPS) is 11.8. The van der Waals surface area contributed by atoms with Crippen LogP contribution >= 0.6 is 0 Å². The molecule has 0 aliphatic carbocycles. The summed E-state index contributed by atoms with van der Waals surface area (Å²) >= 11 is 0. The van der Waals surface area contributed by atoms with E-state index < -0.39 is 28.5 Å². The fourth-order valence-corrected chi connectivity index (χ4v) is 5.58. The first-order chi connectivity index (χ1) is 19.5. The number of ether oxygens (including phenoxy) is 3. The van der Waals surface area contributed by atoms with Crippen molar-refractivity contribution in [1.82, 2.24) is 10.2 Å². The molecule has 0 saturated heterocycles. The Bertz CT molecular complexity index is 1440. The molecule has 3 rings (SSSR count). The van der Waals surface area contributed by atoms with Crippen LogP contribution in [0, 0.1) is 6.92 Å². The van der Waals surface area contributed by atoms with Crippen LogP contribution in [-0.2, 0) is 26.2 Å². The monoisotopic (exact) mass is 583 g/mol. The highest BCUT2D eigenvalue weighted by Gasteiger charge is 2.33. The maximum Gasteiger partial charge on any atom is 0.264 e. The number of methoxy groups -OCH3 is 3. The van der Waals surface area contributed by atoms with E-state index in [1.54, 1.807) is 69.5 Å². The Morgan fingerprint density at radius 2 is 1.51 bits per heavy atom. The average molecular weight is 584 g/mol. The van der Waals surface area contributed by atoms with Crippen molar-refractivity contribution >= 4 is 27.5 Å². The molecule has 11 heteroatoms. The van der Waals surface area contributed by atoms with Crippen LogP contribution in [0.4, 0.5) is 5.69 Å². The van der Waals surface area contributed by atoms with Gasteiger partial charge in [0.1, 0.15) is 18.3 Å². The quantitative estimate of drug-likeness (QED) is 0.326. The SMILES string of the molecule is CCNC(=O)C(C)N(Cc1ccc(OC)cc1)C(=O)CN(c1ccc(OC)c(OC)c1)S(=O)(=O)c1ccc(C)cc1. The molecule has 0 aliphatic heterocycles. The molecule has 41 heavy (non-hydrogen) atoms. The van der Waals surface area contributed by atoms with Crippen LogP contribution in [0.1, 0.15) is 25.0 Å². The van der Waals surface area contributed by atoms with Crippen LogP contribution in [-0.4, -0.2) is 65.6 Å². The van der Waals surface area contributed by atoms with Crippen LogP contribution in [0.15, 0.2) is 71.6 Å². The van der Waals surface area contributed by atoms with Crippen LogP contribution < -0.4 is 23.8 Å². The lowest BCUT2D eigenvalue weighted by Gasteiger charge is -2.32. The minimum absolute atomic E-state index is 0.0177. The van der Waals surface area contributed by atoms with Crippen molar-refractivity contribution in [2.24, 2.45) is 0 Å². The van der Waals surface area contributed by atoms with Crippen LogP contribution in [0.25, 0.3) is 0 Å². The van der Waals surface area contributed by atoms with E-state index in [2.05, 4.69) is 5.32 Å². The zero-order valence-corrected chi connectivity index (χ0v) is 25.0. The Balaban J connectivity index is 2.08. The van der Waals surface area contributed by atoms with E-state index in [0.717, 1.165) is 15.4 Å². The number of anilines is 1. The molecule has 1 atom stereocenters. The summed E-state index contributed by atoms with van der Waals surface area (Å²) in [6, 6.07) is 17.2. The molecule has 10 nitrogen and oxygen atoms in total. The topological polar surface area (TPSA) is 114 Å². The zero-order chi connectivity index (χ0) is 30.2. The number of nitrogens with one attached hydrogen (secondary N) is 1. The Hall–Kier alpha value is -4.25. The molecular weight excluding hydrogens is 546 g/mol. The number of amides is 2. The number of rotatable bonds is 13. The van der Waals surface area contributed by atoms with E-state index >= 15 is 0 Å². The van der Waals surface area contributed by atoms with Crippen molar-refractivity contribution in [3.8, 4) is 17.2 Å². The Morgan fingerprint density at radius 3 is 2.07 bits per heavy atom. The van der Waals surface area contributed by atoms with Gasteiger partial charge in [-0.05, 0) is 62.7 Å². The van der Waals surface area contributed by atoms with Gasteiger partial charge in [0.2, 0.25) is 11.8 Å². The highest BCUT2D eigenvalue weighted by atomic mass is 32.2. The van der Waals surface area contributed by atoms with Gasteiger partial charge in [-0.1, -0.05) is 29.8 Å². The molecule has 1 unspecified atom stereocenters. The summed E-state index contributed by atoms with van der Waals surface area (Å²) in [5.41, 5.74) is 1.83. The number of aryl methyl sites for hydroxylation is 1. The Labute approximate surface area is 241 Å².